The largest absolute Gasteiger partial charge is 0.481 e. The smallest absolute Gasteiger partial charge is 0.344 e. The summed E-state index contributed by atoms with van der Waals surface area (Å²) in [5.74, 6) is -4.11. The number of H-pyrrole nitrogens is 1. The Morgan fingerprint density at radius 2 is 1.48 bits per heavy atom. The zero-order valence-electron chi connectivity index (χ0n) is 27.2. The normalized spacial score (nSPS) is 12.7. The molecule has 1 aromatic heterocycles. The Hall–Kier alpha value is -5.44. The summed E-state index contributed by atoms with van der Waals surface area (Å²) in [4.78, 5) is 51.9. The lowest BCUT2D eigenvalue weighted by Crippen LogP contribution is -2.25. The van der Waals surface area contributed by atoms with Crippen LogP contribution in [-0.2, 0) is 46.2 Å². The fraction of sp³-hybridized carbons (Fsp3) is 0.118. The van der Waals surface area contributed by atoms with Gasteiger partial charge in [-0.1, -0.05) is 48.0 Å². The Kier molecular flexibility index (Phi) is 9.99. The molecule has 0 saturated heterocycles. The third kappa shape index (κ3) is 7.36. The van der Waals surface area contributed by atoms with Gasteiger partial charge in [0, 0.05) is 33.6 Å². The van der Waals surface area contributed by atoms with E-state index in [0.717, 1.165) is 18.2 Å². The number of carbonyl (C=O) groups excluding carboxylic acids is 2. The number of sulfone groups is 1. The number of aliphatic carboxylic acids is 1. The van der Waals surface area contributed by atoms with Gasteiger partial charge in [0.1, 0.15) is 22.0 Å². The van der Waals surface area contributed by atoms with Gasteiger partial charge in [0.25, 0.3) is 25.8 Å². The number of fused-ring (bicyclic) bond motifs is 2. The molecular formula is C34H25ClN2O14S3. The molecule has 6 rings (SSSR count). The summed E-state index contributed by atoms with van der Waals surface area (Å²) in [5, 5.41) is 11.7. The van der Waals surface area contributed by atoms with Crippen LogP contribution >= 0.6 is 11.6 Å². The van der Waals surface area contributed by atoms with Crippen LogP contribution in [0.4, 0.5) is 11.4 Å². The maximum atomic E-state index is 14.2. The Labute approximate surface area is 310 Å². The highest BCUT2D eigenvalue weighted by molar-refractivity contribution is 7.92. The summed E-state index contributed by atoms with van der Waals surface area (Å²) in [7, 11) is -15.0. The van der Waals surface area contributed by atoms with Gasteiger partial charge in [-0.05, 0) is 53.9 Å². The predicted molar refractivity (Wildman–Crippen MR) is 192 cm³/mol. The minimum Gasteiger partial charge on any atom is -0.481 e. The molecule has 16 nitrogen and oxygen atoms in total. The molecule has 0 amide bonds. The average molecular weight is 817 g/mol. The van der Waals surface area contributed by atoms with Gasteiger partial charge in [0.15, 0.2) is 15.6 Å². The second-order valence-electron chi connectivity index (χ2n) is 11.9. The number of esters is 1. The van der Waals surface area contributed by atoms with Crippen molar-refractivity contribution in [2.24, 2.45) is 0 Å². The number of pyridine rings is 1. The number of rotatable bonds is 12. The molecule has 0 atom stereocenters. The Balaban J connectivity index is 1.60. The van der Waals surface area contributed by atoms with Gasteiger partial charge in [-0.25, -0.2) is 13.2 Å². The van der Waals surface area contributed by atoms with Crippen molar-refractivity contribution in [3.05, 3.63) is 110 Å². The molecule has 20 heteroatoms. The molecular weight excluding hydrogens is 792 g/mol. The maximum Gasteiger partial charge on any atom is 0.344 e. The van der Waals surface area contributed by atoms with Gasteiger partial charge in [-0.2, -0.15) is 16.8 Å². The third-order valence-electron chi connectivity index (χ3n) is 8.31. The number of halogens is 1. The molecule has 54 heavy (non-hydrogen) atoms. The second kappa shape index (κ2) is 14.1. The first kappa shape index (κ1) is 38.3. The number of ether oxygens (including phenoxy) is 1. The van der Waals surface area contributed by atoms with E-state index in [1.165, 1.54) is 30.3 Å². The van der Waals surface area contributed by atoms with E-state index in [1.807, 2.05) is 0 Å². The van der Waals surface area contributed by atoms with Crippen LogP contribution in [0.15, 0.2) is 92.3 Å². The number of benzene rings is 4. The summed E-state index contributed by atoms with van der Waals surface area (Å²) < 4.78 is 102. The van der Waals surface area contributed by atoms with E-state index in [4.69, 9.17) is 21.4 Å². The van der Waals surface area contributed by atoms with Crippen molar-refractivity contribution in [2.45, 2.75) is 34.1 Å². The Bertz CT molecular complexity index is 2850. The topological polar surface area (TPSA) is 268 Å². The number of hydrogen-bond acceptors (Lipinski definition) is 12. The van der Waals surface area contributed by atoms with Gasteiger partial charge in [0.05, 0.1) is 27.4 Å². The van der Waals surface area contributed by atoms with Crippen molar-refractivity contribution in [1.82, 2.24) is 4.98 Å². The Morgan fingerprint density at radius 3 is 2.13 bits per heavy atom. The fourth-order valence-corrected chi connectivity index (χ4v) is 9.62. The number of carboxylic acids is 1. The van der Waals surface area contributed by atoms with Crippen molar-refractivity contribution < 1.29 is 58.6 Å². The Morgan fingerprint density at radius 1 is 0.796 bits per heavy atom. The minimum atomic E-state index is -5.24. The zero-order chi connectivity index (χ0) is 39.3. The number of hydrogen-bond donors (Lipinski definition) is 5. The average Bonchev–Trinajstić information content (AvgIpc) is 3.08. The van der Waals surface area contributed by atoms with Crippen molar-refractivity contribution >= 4 is 81.7 Å². The van der Waals surface area contributed by atoms with Gasteiger partial charge >= 0.3 is 11.9 Å². The SMILES string of the molecule is O=C(O)CCCS(=O)(=O)c1cc(Nc2cc(S(=O)(=O)O)c3[nH]c(=O)c(C(=O)OCc4cccc(Cl)c4)c4c3c2C(=O)c2ccccc2-4)ccc1S(=O)(=O)O. The van der Waals surface area contributed by atoms with E-state index < -0.39 is 103 Å². The molecule has 4 aromatic carbocycles. The van der Waals surface area contributed by atoms with E-state index in [1.54, 1.807) is 18.2 Å². The lowest BCUT2D eigenvalue weighted by atomic mass is 9.81. The molecule has 1 aliphatic carbocycles. The third-order valence-corrected chi connectivity index (χ3v) is 12.3. The zero-order valence-corrected chi connectivity index (χ0v) is 30.4. The van der Waals surface area contributed by atoms with Crippen LogP contribution in [0.25, 0.3) is 22.0 Å². The highest BCUT2D eigenvalue weighted by Gasteiger charge is 2.36. The maximum absolute atomic E-state index is 14.2. The van der Waals surface area contributed by atoms with Gasteiger partial charge in [0.2, 0.25) is 0 Å². The lowest BCUT2D eigenvalue weighted by molar-refractivity contribution is -0.137. The van der Waals surface area contributed by atoms with Crippen LogP contribution in [0.5, 0.6) is 0 Å². The van der Waals surface area contributed by atoms with Crippen LogP contribution in [0, 0.1) is 0 Å². The number of aromatic nitrogens is 1. The minimum absolute atomic E-state index is 0.0338. The van der Waals surface area contributed by atoms with Gasteiger partial charge in [-0.3, -0.25) is 23.5 Å². The van der Waals surface area contributed by atoms with E-state index in [9.17, 15) is 53.5 Å². The van der Waals surface area contributed by atoms with E-state index in [2.05, 4.69) is 10.3 Å². The molecule has 1 heterocycles. The van der Waals surface area contributed by atoms with Crippen LogP contribution in [-0.4, -0.2) is 67.9 Å². The summed E-state index contributed by atoms with van der Waals surface area (Å²) in [6, 6.07) is 15.3. The summed E-state index contributed by atoms with van der Waals surface area (Å²) in [6.07, 6.45) is -1.01. The van der Waals surface area contributed by atoms with E-state index in [-0.39, 0.29) is 39.9 Å². The molecule has 0 aliphatic heterocycles. The van der Waals surface area contributed by atoms with Crippen LogP contribution < -0.4 is 10.9 Å². The number of ketones is 1. The summed E-state index contributed by atoms with van der Waals surface area (Å²) >= 11 is 6.03. The van der Waals surface area contributed by atoms with Crippen molar-refractivity contribution in [2.75, 3.05) is 11.1 Å². The van der Waals surface area contributed by atoms with Crippen LogP contribution in [0.3, 0.4) is 0 Å². The van der Waals surface area contributed by atoms with Crippen LogP contribution in [0.1, 0.15) is 44.7 Å². The molecule has 0 saturated carbocycles. The van der Waals surface area contributed by atoms with Crippen LogP contribution in [0.2, 0.25) is 5.02 Å². The summed E-state index contributed by atoms with van der Waals surface area (Å²) in [6.45, 7) is -0.345. The number of carboxylic acid groups (broad SMARTS) is 1. The first-order valence-electron chi connectivity index (χ1n) is 15.4. The molecule has 0 bridgehead atoms. The van der Waals surface area contributed by atoms with Gasteiger partial charge < -0.3 is 20.1 Å². The van der Waals surface area contributed by atoms with Crippen molar-refractivity contribution in [1.29, 1.82) is 0 Å². The molecule has 0 radical (unpaired) electrons. The number of carbonyl (C=O) groups is 3. The number of nitrogens with one attached hydrogen (secondary N) is 2. The highest BCUT2D eigenvalue weighted by Crippen LogP contribution is 2.45. The van der Waals surface area contributed by atoms with E-state index in [0.29, 0.717) is 16.7 Å². The van der Waals surface area contributed by atoms with Crippen molar-refractivity contribution in [3.63, 3.8) is 0 Å². The number of anilines is 2. The molecule has 5 N–H and O–H groups in total. The quantitative estimate of drug-likeness (QED) is 0.0833. The van der Waals surface area contributed by atoms with E-state index >= 15 is 0 Å². The highest BCUT2D eigenvalue weighted by atomic mass is 35.5. The van der Waals surface area contributed by atoms with Gasteiger partial charge in [-0.15, -0.1) is 0 Å². The molecule has 5 aromatic rings. The first-order chi connectivity index (χ1) is 25.3. The second-order valence-corrected chi connectivity index (χ2v) is 17.2. The predicted octanol–water partition coefficient (Wildman–Crippen LogP) is 4.63. The molecule has 1 aliphatic rings. The molecule has 0 unspecified atom stereocenters. The lowest BCUT2D eigenvalue weighted by Gasteiger charge is -2.25. The fourth-order valence-electron chi connectivity index (χ4n) is 6.05. The molecule has 280 valence electrons. The first-order valence-corrected chi connectivity index (χ1v) is 20.3. The molecule has 0 fully saturated rings. The summed E-state index contributed by atoms with van der Waals surface area (Å²) in [5.41, 5.74) is -3.15. The number of aromatic amines is 1. The molecule has 0 spiro atoms. The van der Waals surface area contributed by atoms with Crippen molar-refractivity contribution in [3.8, 4) is 11.1 Å². The monoisotopic (exact) mass is 816 g/mol. The standard InChI is InChI=1S/C34H25ClN2O14S3/c35-18-6-3-5-17(13-18)16-51-34(42)30-27-20-7-1-2-8-21(20)32(40)28-22(15-25(54(48,49)50)31(29(27)28)37-33(30)41)36-19-10-11-23(53(45,46)47)24(14-19)52(43,44)12-4-9-26(38)39/h1-3,5-8,10-11,13-15,36H,4,9,12,16H2,(H,37,41)(H,38,39)(H,45,46,47)(H,48,49,50).